The Hall–Kier alpha value is -1.55. The van der Waals surface area contributed by atoms with Gasteiger partial charge in [-0.05, 0) is 12.5 Å². The van der Waals surface area contributed by atoms with E-state index in [2.05, 4.69) is 41.7 Å². The molecular formula is C11H13N3S. The van der Waals surface area contributed by atoms with E-state index in [0.717, 1.165) is 10.5 Å². The Bertz CT molecular complexity index is 520. The Morgan fingerprint density at radius 3 is 2.47 bits per heavy atom. The molecule has 0 aliphatic carbocycles. The summed E-state index contributed by atoms with van der Waals surface area (Å²) in [4.78, 5) is 0.825. The maximum atomic E-state index is 5.28. The van der Waals surface area contributed by atoms with Crippen molar-refractivity contribution in [3.05, 3.63) is 40.0 Å². The molecule has 0 saturated heterocycles. The largest absolute Gasteiger partial charge is 0.320 e. The van der Waals surface area contributed by atoms with Crippen LogP contribution in [-0.2, 0) is 7.05 Å². The lowest BCUT2D eigenvalue weighted by Crippen LogP contribution is -2.13. The maximum absolute atomic E-state index is 5.28. The summed E-state index contributed by atoms with van der Waals surface area (Å²) < 4.78 is 2.00. The van der Waals surface area contributed by atoms with Crippen molar-refractivity contribution >= 4 is 11.3 Å². The van der Waals surface area contributed by atoms with Gasteiger partial charge in [0.2, 0.25) is 4.80 Å². The van der Waals surface area contributed by atoms with Crippen molar-refractivity contribution in [3.63, 3.8) is 0 Å². The van der Waals surface area contributed by atoms with Crippen molar-refractivity contribution in [3.8, 4) is 11.3 Å². The van der Waals surface area contributed by atoms with Crippen molar-refractivity contribution < 1.29 is 0 Å². The van der Waals surface area contributed by atoms with E-state index < -0.39 is 0 Å². The number of aromatic nitrogens is 1. The van der Waals surface area contributed by atoms with E-state index in [1.807, 2.05) is 11.6 Å². The standard InChI is InChI=1S/C11H13N3S/c1-8-3-5-9(6-4-8)10-7-15-11(13-12)14(10)2/h3-7H,12H2,1-2H3/b13-11-. The first-order chi connectivity index (χ1) is 7.22. The minimum Gasteiger partial charge on any atom is -0.320 e. The first-order valence-electron chi connectivity index (χ1n) is 4.68. The van der Waals surface area contributed by atoms with E-state index >= 15 is 0 Å². The van der Waals surface area contributed by atoms with Crippen LogP contribution in [0.3, 0.4) is 0 Å². The number of hydrogen-bond donors (Lipinski definition) is 1. The molecule has 1 aromatic heterocycles. The molecule has 0 bridgehead atoms. The molecule has 2 aromatic rings. The van der Waals surface area contributed by atoms with Gasteiger partial charge in [0, 0.05) is 12.4 Å². The summed E-state index contributed by atoms with van der Waals surface area (Å²) in [5.74, 6) is 5.28. The predicted octanol–water partition coefficient (Wildman–Crippen LogP) is 1.84. The molecule has 0 saturated carbocycles. The van der Waals surface area contributed by atoms with Crippen molar-refractivity contribution in [2.75, 3.05) is 0 Å². The van der Waals surface area contributed by atoms with Gasteiger partial charge >= 0.3 is 0 Å². The van der Waals surface area contributed by atoms with E-state index in [4.69, 9.17) is 5.84 Å². The summed E-state index contributed by atoms with van der Waals surface area (Å²) >= 11 is 1.55. The minimum absolute atomic E-state index is 0.825. The average molecular weight is 219 g/mol. The van der Waals surface area contributed by atoms with Crippen molar-refractivity contribution in [1.29, 1.82) is 0 Å². The first-order valence-corrected chi connectivity index (χ1v) is 5.56. The number of hydrogen-bond acceptors (Lipinski definition) is 3. The summed E-state index contributed by atoms with van der Waals surface area (Å²) in [6, 6.07) is 8.42. The zero-order valence-corrected chi connectivity index (χ0v) is 9.58. The molecule has 4 heteroatoms. The zero-order chi connectivity index (χ0) is 10.8. The number of benzene rings is 1. The number of rotatable bonds is 1. The Morgan fingerprint density at radius 2 is 1.93 bits per heavy atom. The van der Waals surface area contributed by atoms with Crippen LogP contribution in [0.5, 0.6) is 0 Å². The van der Waals surface area contributed by atoms with Crippen LogP contribution in [0, 0.1) is 6.92 Å². The molecule has 2 N–H and O–H groups in total. The second kappa shape index (κ2) is 3.90. The van der Waals surface area contributed by atoms with Crippen LogP contribution in [0.25, 0.3) is 11.3 Å². The Morgan fingerprint density at radius 1 is 1.27 bits per heavy atom. The fraction of sp³-hybridized carbons (Fsp3) is 0.182. The fourth-order valence-electron chi connectivity index (χ4n) is 1.47. The Kier molecular flexibility index (Phi) is 2.60. The second-order valence-corrected chi connectivity index (χ2v) is 4.29. The number of aryl methyl sites for hydroxylation is 1. The van der Waals surface area contributed by atoms with Crippen molar-refractivity contribution in [2.24, 2.45) is 18.0 Å². The van der Waals surface area contributed by atoms with E-state index in [9.17, 15) is 0 Å². The van der Waals surface area contributed by atoms with E-state index in [1.54, 1.807) is 11.3 Å². The molecule has 0 unspecified atom stereocenters. The van der Waals surface area contributed by atoms with Crippen LogP contribution in [0.2, 0.25) is 0 Å². The molecule has 0 atom stereocenters. The molecule has 0 aliphatic heterocycles. The molecule has 0 fully saturated rings. The van der Waals surface area contributed by atoms with Crippen LogP contribution in [0.1, 0.15) is 5.56 Å². The topological polar surface area (TPSA) is 43.3 Å². The van der Waals surface area contributed by atoms with Gasteiger partial charge in [-0.1, -0.05) is 29.8 Å². The SMILES string of the molecule is Cc1ccc(-c2cs/c(=N\N)n2C)cc1. The second-order valence-electron chi connectivity index (χ2n) is 3.46. The van der Waals surface area contributed by atoms with Gasteiger partial charge in [-0.3, -0.25) is 0 Å². The molecule has 0 aliphatic rings. The first kappa shape index (κ1) is 9.98. The summed E-state index contributed by atoms with van der Waals surface area (Å²) in [5, 5.41) is 5.78. The van der Waals surface area contributed by atoms with Gasteiger partial charge in [-0.25, -0.2) is 0 Å². The van der Waals surface area contributed by atoms with Gasteiger partial charge < -0.3 is 10.4 Å². The molecule has 0 spiro atoms. The summed E-state index contributed by atoms with van der Waals surface area (Å²) in [5.41, 5.74) is 3.60. The number of nitrogens with zero attached hydrogens (tertiary/aromatic N) is 2. The van der Waals surface area contributed by atoms with E-state index in [1.165, 1.54) is 11.1 Å². The van der Waals surface area contributed by atoms with Crippen LogP contribution in [0.4, 0.5) is 0 Å². The molecular weight excluding hydrogens is 206 g/mol. The van der Waals surface area contributed by atoms with Crippen LogP contribution >= 0.6 is 11.3 Å². The van der Waals surface area contributed by atoms with Crippen LogP contribution in [-0.4, -0.2) is 4.57 Å². The third-order valence-corrected chi connectivity index (χ3v) is 3.31. The number of thiazole rings is 1. The normalized spacial score (nSPS) is 12.0. The smallest absolute Gasteiger partial charge is 0.207 e. The van der Waals surface area contributed by atoms with Gasteiger partial charge in [0.25, 0.3) is 0 Å². The highest BCUT2D eigenvalue weighted by Crippen LogP contribution is 2.19. The average Bonchev–Trinajstić information content (AvgIpc) is 2.61. The maximum Gasteiger partial charge on any atom is 0.207 e. The lowest BCUT2D eigenvalue weighted by Gasteiger charge is -2.02. The van der Waals surface area contributed by atoms with Gasteiger partial charge in [0.05, 0.1) is 5.69 Å². The highest BCUT2D eigenvalue weighted by Gasteiger charge is 2.03. The van der Waals surface area contributed by atoms with Gasteiger partial charge in [0.1, 0.15) is 0 Å². The summed E-state index contributed by atoms with van der Waals surface area (Å²) in [6.45, 7) is 2.08. The molecule has 1 heterocycles. The van der Waals surface area contributed by atoms with Crippen molar-refractivity contribution in [2.45, 2.75) is 6.92 Å². The van der Waals surface area contributed by atoms with Gasteiger partial charge in [0.15, 0.2) is 0 Å². The van der Waals surface area contributed by atoms with Crippen molar-refractivity contribution in [1.82, 2.24) is 4.57 Å². The molecule has 0 amide bonds. The predicted molar refractivity (Wildman–Crippen MR) is 63.2 cm³/mol. The highest BCUT2D eigenvalue weighted by atomic mass is 32.1. The summed E-state index contributed by atoms with van der Waals surface area (Å²) in [7, 11) is 1.97. The van der Waals surface area contributed by atoms with E-state index in [-0.39, 0.29) is 0 Å². The third-order valence-electron chi connectivity index (χ3n) is 2.38. The molecule has 78 valence electrons. The molecule has 0 radical (unpaired) electrons. The van der Waals surface area contributed by atoms with Crippen LogP contribution in [0.15, 0.2) is 34.7 Å². The molecule has 15 heavy (non-hydrogen) atoms. The lowest BCUT2D eigenvalue weighted by atomic mass is 10.1. The Labute approximate surface area is 92.5 Å². The monoisotopic (exact) mass is 219 g/mol. The quantitative estimate of drug-likeness (QED) is 0.577. The van der Waals surface area contributed by atoms with E-state index in [0.29, 0.717) is 0 Å². The minimum atomic E-state index is 0.825. The highest BCUT2D eigenvalue weighted by molar-refractivity contribution is 7.07. The molecule has 2 rings (SSSR count). The fourth-order valence-corrected chi connectivity index (χ4v) is 2.30. The Balaban J connectivity index is 2.55. The molecule has 3 nitrogen and oxygen atoms in total. The van der Waals surface area contributed by atoms with Gasteiger partial charge in [-0.2, -0.15) is 5.10 Å². The third kappa shape index (κ3) is 1.80. The molecule has 1 aromatic carbocycles. The van der Waals surface area contributed by atoms with Gasteiger partial charge in [-0.15, -0.1) is 11.3 Å². The lowest BCUT2D eigenvalue weighted by molar-refractivity contribution is 0.862. The summed E-state index contributed by atoms with van der Waals surface area (Å²) in [6.07, 6.45) is 0. The zero-order valence-electron chi connectivity index (χ0n) is 8.77. The van der Waals surface area contributed by atoms with Crippen LogP contribution < -0.4 is 10.6 Å². The number of nitrogens with two attached hydrogens (primary N) is 1.